The number of carbonyl (C=O) groups excluding carboxylic acids is 1. The van der Waals surface area contributed by atoms with Crippen LogP contribution in [0.2, 0.25) is 0 Å². The Hall–Kier alpha value is -1.16. The molecule has 1 heterocycles. The Bertz CT molecular complexity index is 554. The van der Waals surface area contributed by atoms with Crippen LogP contribution in [0.3, 0.4) is 0 Å². The normalized spacial score (nSPS) is 11.0. The van der Waals surface area contributed by atoms with E-state index in [1.807, 2.05) is 6.92 Å². The second-order valence-electron chi connectivity index (χ2n) is 4.59. The Morgan fingerprint density at radius 2 is 2.00 bits per heavy atom. The first-order valence-electron chi connectivity index (χ1n) is 6.84. The monoisotopic (exact) mass is 353 g/mol. The van der Waals surface area contributed by atoms with Gasteiger partial charge in [0.2, 0.25) is 5.91 Å². The van der Waals surface area contributed by atoms with Crippen LogP contribution in [-0.4, -0.2) is 50.1 Å². The summed E-state index contributed by atoms with van der Waals surface area (Å²) < 4.78 is 27.9. The minimum atomic E-state index is -3.66. The molecule has 10 heteroatoms. The number of carbonyl (C=O) groups is 1. The van der Waals surface area contributed by atoms with Gasteiger partial charge in [-0.2, -0.15) is 0 Å². The second kappa shape index (κ2) is 9.78. The molecule has 0 spiro atoms. The van der Waals surface area contributed by atoms with Crippen LogP contribution >= 0.6 is 12.4 Å². The molecule has 3 N–H and O–H groups in total. The van der Waals surface area contributed by atoms with E-state index in [1.165, 1.54) is 6.20 Å². The first-order chi connectivity index (χ1) is 9.86. The fraction of sp³-hybridized carbons (Fsp3) is 0.667. The molecule has 0 aliphatic rings. The number of sulfonamides is 1. The number of rotatable bonds is 9. The van der Waals surface area contributed by atoms with E-state index in [0.717, 1.165) is 6.54 Å². The summed E-state index contributed by atoms with van der Waals surface area (Å²) in [6, 6.07) is 0. The Kier molecular flexibility index (Phi) is 9.26. The van der Waals surface area contributed by atoms with Crippen molar-refractivity contribution < 1.29 is 13.2 Å². The number of halogens is 1. The van der Waals surface area contributed by atoms with E-state index < -0.39 is 10.0 Å². The van der Waals surface area contributed by atoms with E-state index in [1.54, 1.807) is 18.5 Å². The molecule has 0 aliphatic heterocycles. The third kappa shape index (κ3) is 6.73. The highest BCUT2D eigenvalue weighted by Gasteiger charge is 2.18. The molecule has 0 radical (unpaired) electrons. The minimum absolute atomic E-state index is 0. The zero-order chi connectivity index (χ0) is 15.9. The van der Waals surface area contributed by atoms with Gasteiger partial charge in [-0.25, -0.2) is 18.1 Å². The highest BCUT2D eigenvalue weighted by molar-refractivity contribution is 7.89. The van der Waals surface area contributed by atoms with Gasteiger partial charge in [0, 0.05) is 39.3 Å². The number of amides is 1. The number of hydrogen-bond acceptors (Lipinski definition) is 5. The predicted molar refractivity (Wildman–Crippen MR) is 86.6 cm³/mol. The summed E-state index contributed by atoms with van der Waals surface area (Å²) in [6.45, 7) is 5.82. The number of aromatic nitrogens is 2. The van der Waals surface area contributed by atoms with E-state index in [9.17, 15) is 13.2 Å². The van der Waals surface area contributed by atoms with E-state index in [0.29, 0.717) is 18.9 Å². The first kappa shape index (κ1) is 20.8. The number of aryl methyl sites for hydroxylation is 2. The van der Waals surface area contributed by atoms with Crippen LogP contribution in [0.4, 0.5) is 0 Å². The molecule has 128 valence electrons. The van der Waals surface area contributed by atoms with Crippen molar-refractivity contribution in [1.29, 1.82) is 0 Å². The van der Waals surface area contributed by atoms with Crippen LogP contribution in [0.25, 0.3) is 0 Å². The van der Waals surface area contributed by atoms with Crippen molar-refractivity contribution in [2.24, 2.45) is 7.05 Å². The average Bonchev–Trinajstić information content (AvgIpc) is 2.75. The molecule has 22 heavy (non-hydrogen) atoms. The predicted octanol–water partition coefficient (Wildman–Crippen LogP) is -0.456. The van der Waals surface area contributed by atoms with Crippen LogP contribution in [0.15, 0.2) is 11.2 Å². The molecule has 1 aromatic heterocycles. The molecule has 0 bridgehead atoms. The molecule has 0 unspecified atom stereocenters. The van der Waals surface area contributed by atoms with E-state index in [4.69, 9.17) is 0 Å². The Balaban J connectivity index is 0.00000441. The number of nitrogens with zero attached hydrogens (tertiary/aromatic N) is 2. The lowest BCUT2D eigenvalue weighted by Gasteiger charge is -2.06. The topological polar surface area (TPSA) is 105 Å². The number of nitrogens with one attached hydrogen (secondary N) is 3. The SMILES string of the molecule is CCNCCNC(=O)CCNS(=O)(=O)c1cn(C)c(C)n1.Cl. The van der Waals surface area contributed by atoms with Gasteiger partial charge in [-0.1, -0.05) is 6.92 Å². The maximum absolute atomic E-state index is 11.9. The van der Waals surface area contributed by atoms with E-state index >= 15 is 0 Å². The van der Waals surface area contributed by atoms with Gasteiger partial charge in [0.25, 0.3) is 10.0 Å². The molecule has 1 aromatic rings. The van der Waals surface area contributed by atoms with Crippen LogP contribution in [0, 0.1) is 6.92 Å². The van der Waals surface area contributed by atoms with Gasteiger partial charge in [0.15, 0.2) is 5.03 Å². The van der Waals surface area contributed by atoms with E-state index in [2.05, 4.69) is 20.3 Å². The molecule has 0 atom stereocenters. The van der Waals surface area contributed by atoms with Gasteiger partial charge in [-0.05, 0) is 13.5 Å². The van der Waals surface area contributed by atoms with Gasteiger partial charge >= 0.3 is 0 Å². The highest BCUT2D eigenvalue weighted by atomic mass is 35.5. The fourth-order valence-corrected chi connectivity index (χ4v) is 2.65. The van der Waals surface area contributed by atoms with Gasteiger partial charge in [-0.3, -0.25) is 4.79 Å². The third-order valence-electron chi connectivity index (χ3n) is 2.88. The lowest BCUT2D eigenvalue weighted by atomic mass is 10.4. The molecule has 0 aliphatic carbocycles. The van der Waals surface area contributed by atoms with Crippen molar-refractivity contribution in [2.75, 3.05) is 26.2 Å². The molecule has 0 aromatic carbocycles. The summed E-state index contributed by atoms with van der Waals surface area (Å²) in [7, 11) is -1.94. The zero-order valence-corrected chi connectivity index (χ0v) is 14.7. The molecular formula is C12H24ClN5O3S. The Morgan fingerprint density at radius 1 is 1.32 bits per heavy atom. The van der Waals surface area contributed by atoms with Gasteiger partial charge in [0.05, 0.1) is 0 Å². The van der Waals surface area contributed by atoms with Crippen molar-refractivity contribution >= 4 is 28.3 Å². The molecule has 0 fully saturated rings. The zero-order valence-electron chi connectivity index (χ0n) is 13.0. The highest BCUT2D eigenvalue weighted by Crippen LogP contribution is 2.07. The van der Waals surface area contributed by atoms with Crippen molar-refractivity contribution in [2.45, 2.75) is 25.3 Å². The summed E-state index contributed by atoms with van der Waals surface area (Å²) in [5.74, 6) is 0.421. The van der Waals surface area contributed by atoms with Gasteiger partial charge < -0.3 is 15.2 Å². The smallest absolute Gasteiger partial charge is 0.259 e. The summed E-state index contributed by atoms with van der Waals surface area (Å²) in [5, 5.41) is 5.74. The summed E-state index contributed by atoms with van der Waals surface area (Å²) in [6.07, 6.45) is 1.53. The third-order valence-corrected chi connectivity index (χ3v) is 4.21. The van der Waals surface area contributed by atoms with Gasteiger partial charge in [-0.15, -0.1) is 12.4 Å². The van der Waals surface area contributed by atoms with Crippen molar-refractivity contribution in [3.8, 4) is 0 Å². The largest absolute Gasteiger partial charge is 0.355 e. The van der Waals surface area contributed by atoms with Crippen LogP contribution in [0.5, 0.6) is 0 Å². The summed E-state index contributed by atoms with van der Waals surface area (Å²) in [4.78, 5) is 15.4. The quantitative estimate of drug-likeness (QED) is 0.521. The average molecular weight is 354 g/mol. The van der Waals surface area contributed by atoms with E-state index in [-0.39, 0.29) is 36.3 Å². The van der Waals surface area contributed by atoms with Crippen LogP contribution in [-0.2, 0) is 21.9 Å². The molecule has 8 nitrogen and oxygen atoms in total. The number of imidazole rings is 1. The Labute approximate surface area is 137 Å². The molecule has 1 rings (SSSR count). The van der Waals surface area contributed by atoms with Crippen molar-refractivity contribution in [1.82, 2.24) is 24.9 Å². The minimum Gasteiger partial charge on any atom is -0.355 e. The lowest BCUT2D eigenvalue weighted by molar-refractivity contribution is -0.120. The fourth-order valence-electron chi connectivity index (χ4n) is 1.58. The van der Waals surface area contributed by atoms with Crippen LogP contribution in [0.1, 0.15) is 19.2 Å². The van der Waals surface area contributed by atoms with Crippen LogP contribution < -0.4 is 15.4 Å². The number of hydrogen-bond donors (Lipinski definition) is 3. The maximum atomic E-state index is 11.9. The van der Waals surface area contributed by atoms with Crippen molar-refractivity contribution in [3.05, 3.63) is 12.0 Å². The molecule has 0 saturated heterocycles. The Morgan fingerprint density at radius 3 is 2.55 bits per heavy atom. The summed E-state index contributed by atoms with van der Waals surface area (Å²) in [5.41, 5.74) is 0. The second-order valence-corrected chi connectivity index (χ2v) is 6.30. The summed E-state index contributed by atoms with van der Waals surface area (Å²) >= 11 is 0. The molecule has 0 saturated carbocycles. The lowest BCUT2D eigenvalue weighted by Crippen LogP contribution is -2.34. The number of likely N-dealkylation sites (N-methyl/N-ethyl adjacent to an activating group) is 1. The first-order valence-corrected chi connectivity index (χ1v) is 8.32. The maximum Gasteiger partial charge on any atom is 0.259 e. The molecular weight excluding hydrogens is 330 g/mol. The standard InChI is InChI=1S/C12H23N5O3S.ClH/c1-4-13-7-8-14-11(18)5-6-15-21(19,20)12-9-17(3)10(2)16-12;/h9,13,15H,4-8H2,1-3H3,(H,14,18);1H. The van der Waals surface area contributed by atoms with Gasteiger partial charge in [0.1, 0.15) is 5.82 Å². The van der Waals surface area contributed by atoms with Crippen molar-refractivity contribution in [3.63, 3.8) is 0 Å². The molecule has 1 amide bonds.